The van der Waals surface area contributed by atoms with Gasteiger partial charge in [-0.1, -0.05) is 0 Å². The van der Waals surface area contributed by atoms with Gasteiger partial charge in [0.15, 0.2) is 0 Å². The van der Waals surface area contributed by atoms with Crippen molar-refractivity contribution in [3.63, 3.8) is 0 Å². The average Bonchev–Trinajstić information content (AvgIpc) is 2.70. The summed E-state index contributed by atoms with van der Waals surface area (Å²) >= 11 is 0. The molecular weight excluding hydrogens is 457 g/mol. The number of benzene rings is 2. The van der Waals surface area contributed by atoms with Gasteiger partial charge in [0, 0.05) is 17.0 Å². The van der Waals surface area contributed by atoms with Gasteiger partial charge in [0.05, 0.1) is 30.2 Å². The van der Waals surface area contributed by atoms with Gasteiger partial charge in [-0.05, 0) is 30.3 Å². The number of carbonyl (C=O) groups is 1. The van der Waals surface area contributed by atoms with Crippen LogP contribution < -0.4 is 20.8 Å². The van der Waals surface area contributed by atoms with Crippen LogP contribution in [-0.4, -0.2) is 37.7 Å². The van der Waals surface area contributed by atoms with E-state index in [1.54, 1.807) is 0 Å². The van der Waals surface area contributed by atoms with Crippen LogP contribution in [0, 0.1) is 0 Å². The third-order valence-electron chi connectivity index (χ3n) is 4.58. The van der Waals surface area contributed by atoms with Crippen molar-refractivity contribution in [2.75, 3.05) is 14.2 Å². The number of halogens is 3. The van der Waals surface area contributed by atoms with E-state index in [4.69, 9.17) is 15.2 Å². The first-order chi connectivity index (χ1) is 14.8. The molecule has 170 valence electrons. The van der Waals surface area contributed by atoms with Crippen molar-refractivity contribution in [3.8, 4) is 17.2 Å². The Morgan fingerprint density at radius 3 is 2.06 bits per heavy atom. The van der Waals surface area contributed by atoms with Gasteiger partial charge in [0.2, 0.25) is 5.91 Å². The Labute approximate surface area is 178 Å². The van der Waals surface area contributed by atoms with Crippen LogP contribution >= 0.6 is 0 Å². The van der Waals surface area contributed by atoms with Crippen molar-refractivity contribution in [2.45, 2.75) is 11.1 Å². The number of hydrogen-bond acceptors (Lipinski definition) is 6. The maximum atomic E-state index is 13.6. The number of hydrogen-bond donors (Lipinski definition) is 2. The first kappa shape index (κ1) is 23.1. The Hall–Kier alpha value is -3.58. The van der Waals surface area contributed by atoms with Gasteiger partial charge in [0.1, 0.15) is 17.2 Å². The topological polar surface area (TPSA) is 138 Å². The second-order valence-electron chi connectivity index (χ2n) is 6.48. The highest BCUT2D eigenvalue weighted by atomic mass is 32.2. The number of carbonyl (C=O) groups excluding carboxylic acids is 1. The predicted octanol–water partition coefficient (Wildman–Crippen LogP) is 2.37. The van der Waals surface area contributed by atoms with Crippen LogP contribution in [0.1, 0.15) is 15.9 Å². The minimum Gasteiger partial charge on any atom is -0.494 e. The minimum atomic E-state index is -5.02. The standard InChI is InChI=1S/C19H15F3N2O7S/c1-30-14-5-9(18(23)26)6-15(31-2)17(14)24-13-4-3-10(32(27,28)29)7-11(13)12(8-16(24)25)19(20,21)22/h3-8H,1-2H3,(H2,23,26)(H,27,28,29). The number of methoxy groups -OCH3 is 2. The fourth-order valence-corrected chi connectivity index (χ4v) is 3.70. The molecule has 1 amide bonds. The van der Waals surface area contributed by atoms with Crippen LogP contribution in [0.25, 0.3) is 16.6 Å². The molecule has 0 aliphatic carbocycles. The molecule has 3 rings (SSSR count). The SMILES string of the molecule is COc1cc(C(N)=O)cc(OC)c1-n1c(=O)cc(C(F)(F)F)c2cc(S(=O)(=O)O)ccc21. The van der Waals surface area contributed by atoms with Gasteiger partial charge in [-0.2, -0.15) is 21.6 Å². The number of aromatic nitrogens is 1. The quantitative estimate of drug-likeness (QED) is 0.544. The molecule has 3 aromatic rings. The second kappa shape index (κ2) is 7.84. The van der Waals surface area contributed by atoms with Gasteiger partial charge in [-0.25, -0.2) is 0 Å². The highest BCUT2D eigenvalue weighted by Gasteiger charge is 2.35. The zero-order valence-corrected chi connectivity index (χ0v) is 17.2. The fraction of sp³-hybridized carbons (Fsp3) is 0.158. The predicted molar refractivity (Wildman–Crippen MR) is 106 cm³/mol. The summed E-state index contributed by atoms with van der Waals surface area (Å²) < 4.78 is 84.4. The molecule has 0 saturated heterocycles. The molecule has 0 spiro atoms. The molecule has 9 nitrogen and oxygen atoms in total. The van der Waals surface area contributed by atoms with E-state index in [1.807, 2.05) is 0 Å². The normalized spacial score (nSPS) is 12.1. The summed E-state index contributed by atoms with van der Waals surface area (Å²) in [5, 5.41) is -0.685. The molecule has 1 heterocycles. The number of primary amides is 1. The van der Waals surface area contributed by atoms with Crippen molar-refractivity contribution < 1.29 is 40.4 Å². The molecule has 0 aliphatic heterocycles. The van der Waals surface area contributed by atoms with Crippen LogP contribution in [0.15, 0.2) is 46.1 Å². The lowest BCUT2D eigenvalue weighted by atomic mass is 10.1. The van der Waals surface area contributed by atoms with E-state index in [1.165, 1.54) is 26.4 Å². The molecule has 2 aromatic carbocycles. The Morgan fingerprint density at radius 1 is 1.06 bits per heavy atom. The van der Waals surface area contributed by atoms with Crippen molar-refractivity contribution in [1.82, 2.24) is 4.57 Å². The maximum Gasteiger partial charge on any atom is 0.417 e. The number of nitrogens with zero attached hydrogens (tertiary/aromatic N) is 1. The second-order valence-corrected chi connectivity index (χ2v) is 7.90. The van der Waals surface area contributed by atoms with Gasteiger partial charge in [-0.3, -0.25) is 18.7 Å². The van der Waals surface area contributed by atoms with Crippen LogP contribution in [0.2, 0.25) is 0 Å². The number of nitrogens with two attached hydrogens (primary N) is 1. The molecule has 0 unspecified atom stereocenters. The number of pyridine rings is 1. The molecule has 0 bridgehead atoms. The van der Waals surface area contributed by atoms with Crippen molar-refractivity contribution in [2.24, 2.45) is 5.73 Å². The molecule has 0 atom stereocenters. The van der Waals surface area contributed by atoms with E-state index >= 15 is 0 Å². The van der Waals surface area contributed by atoms with E-state index in [0.717, 1.165) is 16.7 Å². The largest absolute Gasteiger partial charge is 0.494 e. The third kappa shape index (κ3) is 3.99. The third-order valence-corrected chi connectivity index (χ3v) is 5.43. The molecule has 0 saturated carbocycles. The summed E-state index contributed by atoms with van der Waals surface area (Å²) in [6.07, 6.45) is -5.02. The number of amides is 1. The van der Waals surface area contributed by atoms with Crippen molar-refractivity contribution in [3.05, 3.63) is 57.9 Å². The van der Waals surface area contributed by atoms with Crippen LogP contribution in [0.4, 0.5) is 13.2 Å². The van der Waals surface area contributed by atoms with E-state index in [-0.39, 0.29) is 34.3 Å². The summed E-state index contributed by atoms with van der Waals surface area (Å²) in [5.41, 5.74) is 2.15. The van der Waals surface area contributed by atoms with Crippen LogP contribution in [0.5, 0.6) is 11.5 Å². The monoisotopic (exact) mass is 472 g/mol. The molecular formula is C19H15F3N2O7S. The molecule has 13 heteroatoms. The molecule has 1 aromatic heterocycles. The maximum absolute atomic E-state index is 13.6. The zero-order valence-electron chi connectivity index (χ0n) is 16.4. The Balaban J connectivity index is 2.55. The summed E-state index contributed by atoms with van der Waals surface area (Å²) in [7, 11) is -2.46. The van der Waals surface area contributed by atoms with Crippen molar-refractivity contribution in [1.29, 1.82) is 0 Å². The first-order valence-electron chi connectivity index (χ1n) is 8.60. The number of alkyl halides is 3. The molecule has 0 radical (unpaired) electrons. The van der Waals surface area contributed by atoms with Gasteiger partial charge in [0.25, 0.3) is 15.7 Å². The highest BCUT2D eigenvalue weighted by Crippen LogP contribution is 2.39. The number of ether oxygens (including phenoxy) is 2. The van der Waals surface area contributed by atoms with Crippen molar-refractivity contribution >= 4 is 26.9 Å². The minimum absolute atomic E-state index is 0.0552. The lowest BCUT2D eigenvalue weighted by Crippen LogP contribution is -2.23. The van der Waals surface area contributed by atoms with E-state index in [9.17, 15) is 35.7 Å². The highest BCUT2D eigenvalue weighted by molar-refractivity contribution is 7.85. The summed E-state index contributed by atoms with van der Waals surface area (Å²) in [6.45, 7) is 0. The average molecular weight is 472 g/mol. The molecule has 3 N–H and O–H groups in total. The summed E-state index contributed by atoms with van der Waals surface area (Å²) in [4.78, 5) is 23.6. The number of fused-ring (bicyclic) bond motifs is 1. The van der Waals surface area contributed by atoms with Crippen LogP contribution in [0.3, 0.4) is 0 Å². The van der Waals surface area contributed by atoms with Crippen LogP contribution in [-0.2, 0) is 16.3 Å². The Bertz CT molecular complexity index is 1390. The molecule has 0 aliphatic rings. The van der Waals surface area contributed by atoms with Gasteiger partial charge < -0.3 is 15.2 Å². The smallest absolute Gasteiger partial charge is 0.417 e. The molecule has 32 heavy (non-hydrogen) atoms. The fourth-order valence-electron chi connectivity index (χ4n) is 3.19. The Morgan fingerprint density at radius 2 is 1.62 bits per heavy atom. The van der Waals surface area contributed by atoms with Gasteiger partial charge >= 0.3 is 6.18 Å². The van der Waals surface area contributed by atoms with E-state index in [0.29, 0.717) is 6.07 Å². The lowest BCUT2D eigenvalue weighted by molar-refractivity contribution is -0.136. The van der Waals surface area contributed by atoms with E-state index in [2.05, 4.69) is 0 Å². The Kier molecular flexibility index (Phi) is 5.65. The first-order valence-corrected chi connectivity index (χ1v) is 10.0. The lowest BCUT2D eigenvalue weighted by Gasteiger charge is -2.20. The summed E-state index contributed by atoms with van der Waals surface area (Å²) in [6, 6.07) is 4.98. The number of rotatable bonds is 5. The molecule has 0 fully saturated rings. The summed E-state index contributed by atoms with van der Waals surface area (Å²) in [5.74, 6) is -1.10. The zero-order chi connectivity index (χ0) is 24.0. The van der Waals surface area contributed by atoms with Gasteiger partial charge in [-0.15, -0.1) is 0 Å². The van der Waals surface area contributed by atoms with E-state index < -0.39 is 43.6 Å².